The molecule has 10 rings (SSSR count). The molecule has 0 atom stereocenters. The van der Waals surface area contributed by atoms with Crippen LogP contribution in [0.3, 0.4) is 0 Å². The third-order valence-corrected chi connectivity index (χ3v) is 10.5. The van der Waals surface area contributed by atoms with Gasteiger partial charge in [-0.15, -0.1) is 0 Å². The first-order valence-electron chi connectivity index (χ1n) is 18.4. The van der Waals surface area contributed by atoms with E-state index in [0.717, 1.165) is 61.3 Å². The Hall–Kier alpha value is -7.16. The van der Waals surface area contributed by atoms with Crippen LogP contribution in [0.15, 0.2) is 217 Å². The van der Waals surface area contributed by atoms with Crippen molar-refractivity contribution < 1.29 is 4.42 Å². The van der Waals surface area contributed by atoms with E-state index >= 15 is 0 Å². The molecule has 0 fully saturated rings. The van der Waals surface area contributed by atoms with Crippen molar-refractivity contribution in [3.05, 3.63) is 212 Å². The Bertz CT molecular complexity index is 2900. The maximum atomic E-state index is 6.50. The molecule has 0 radical (unpaired) electrons. The summed E-state index contributed by atoms with van der Waals surface area (Å²) in [7, 11) is 0. The zero-order valence-electron chi connectivity index (χ0n) is 29.6. The normalized spacial score (nSPS) is 11.3. The molecule has 2 nitrogen and oxygen atoms in total. The molecule has 0 bridgehead atoms. The van der Waals surface area contributed by atoms with Crippen LogP contribution < -0.4 is 4.90 Å². The maximum absolute atomic E-state index is 6.50. The number of anilines is 3. The first-order chi connectivity index (χ1) is 26.8. The van der Waals surface area contributed by atoms with E-state index in [1.165, 1.54) is 33.0 Å². The first-order valence-corrected chi connectivity index (χ1v) is 18.4. The van der Waals surface area contributed by atoms with E-state index in [9.17, 15) is 0 Å². The molecule has 0 unspecified atom stereocenters. The molecule has 2 heteroatoms. The molecule has 0 saturated heterocycles. The highest BCUT2D eigenvalue weighted by atomic mass is 16.3. The van der Waals surface area contributed by atoms with Gasteiger partial charge in [0.15, 0.2) is 0 Å². The smallest absolute Gasteiger partial charge is 0.143 e. The molecule has 254 valence electrons. The quantitative estimate of drug-likeness (QED) is 0.166. The number of nitrogens with zero attached hydrogens (tertiary/aromatic N) is 1. The maximum Gasteiger partial charge on any atom is 0.143 e. The summed E-state index contributed by atoms with van der Waals surface area (Å²) >= 11 is 0. The summed E-state index contributed by atoms with van der Waals surface area (Å²) in [6.07, 6.45) is 0. The van der Waals surface area contributed by atoms with E-state index in [1.54, 1.807) is 0 Å². The van der Waals surface area contributed by atoms with Gasteiger partial charge in [-0.3, -0.25) is 0 Å². The van der Waals surface area contributed by atoms with Crippen LogP contribution in [0, 0.1) is 0 Å². The molecule has 10 aromatic rings. The van der Waals surface area contributed by atoms with Crippen LogP contribution in [-0.4, -0.2) is 0 Å². The summed E-state index contributed by atoms with van der Waals surface area (Å²) in [5, 5.41) is 4.69. The Morgan fingerprint density at radius 2 is 0.852 bits per heavy atom. The van der Waals surface area contributed by atoms with E-state index in [2.05, 4.69) is 205 Å². The van der Waals surface area contributed by atoms with Crippen molar-refractivity contribution in [2.24, 2.45) is 0 Å². The van der Waals surface area contributed by atoms with Gasteiger partial charge < -0.3 is 9.32 Å². The lowest BCUT2D eigenvalue weighted by Crippen LogP contribution is -2.10. The lowest BCUT2D eigenvalue weighted by Gasteiger charge is -2.27. The van der Waals surface area contributed by atoms with Gasteiger partial charge in [-0.1, -0.05) is 170 Å². The van der Waals surface area contributed by atoms with Gasteiger partial charge in [0.25, 0.3) is 0 Å². The van der Waals surface area contributed by atoms with Crippen LogP contribution in [-0.2, 0) is 0 Å². The molecule has 0 aliphatic carbocycles. The zero-order chi connectivity index (χ0) is 35.8. The number of fused-ring (bicyclic) bond motifs is 4. The minimum Gasteiger partial charge on any atom is -0.455 e. The molecule has 0 aliphatic rings. The minimum atomic E-state index is 0.905. The predicted molar refractivity (Wildman–Crippen MR) is 228 cm³/mol. The molecule has 9 aromatic carbocycles. The van der Waals surface area contributed by atoms with Crippen molar-refractivity contribution in [3.63, 3.8) is 0 Å². The molecular weight excluding hydrogens is 655 g/mol. The lowest BCUT2D eigenvalue weighted by atomic mass is 9.90. The molecule has 1 aromatic heterocycles. The van der Waals surface area contributed by atoms with Crippen molar-refractivity contribution in [1.29, 1.82) is 0 Å². The van der Waals surface area contributed by atoms with Crippen molar-refractivity contribution in [2.45, 2.75) is 0 Å². The second kappa shape index (κ2) is 13.4. The molecule has 0 aliphatic heterocycles. The number of hydrogen-bond donors (Lipinski definition) is 0. The second-order valence-corrected chi connectivity index (χ2v) is 13.7. The van der Waals surface area contributed by atoms with Gasteiger partial charge >= 0.3 is 0 Å². The fourth-order valence-electron chi connectivity index (χ4n) is 7.84. The van der Waals surface area contributed by atoms with E-state index in [-0.39, 0.29) is 0 Å². The zero-order valence-corrected chi connectivity index (χ0v) is 29.6. The summed E-state index contributed by atoms with van der Waals surface area (Å²) in [4.78, 5) is 2.37. The van der Waals surface area contributed by atoms with E-state index in [0.29, 0.717) is 0 Å². The lowest BCUT2D eigenvalue weighted by molar-refractivity contribution is 0.670. The van der Waals surface area contributed by atoms with Gasteiger partial charge in [-0.2, -0.15) is 0 Å². The molecule has 1 heterocycles. The van der Waals surface area contributed by atoms with Gasteiger partial charge in [0.2, 0.25) is 0 Å². The van der Waals surface area contributed by atoms with Crippen molar-refractivity contribution in [2.75, 3.05) is 4.90 Å². The highest BCUT2D eigenvalue weighted by molar-refractivity contribution is 6.10. The Morgan fingerprint density at radius 3 is 1.59 bits per heavy atom. The van der Waals surface area contributed by atoms with Gasteiger partial charge in [0, 0.05) is 33.1 Å². The summed E-state index contributed by atoms with van der Waals surface area (Å²) in [6.45, 7) is 0. The fourth-order valence-corrected chi connectivity index (χ4v) is 7.84. The number of benzene rings is 9. The molecule has 0 N–H and O–H groups in total. The number of para-hydroxylation sites is 2. The fraction of sp³-hybridized carbons (Fsp3) is 0. The number of furan rings is 1. The Morgan fingerprint density at radius 1 is 0.315 bits per heavy atom. The largest absolute Gasteiger partial charge is 0.455 e. The van der Waals surface area contributed by atoms with Crippen LogP contribution in [0.4, 0.5) is 17.1 Å². The standard InChI is InChI=1S/C52H35NO/c1-3-13-36(14-4-1)37-25-30-42(31-26-37)53(50-23-11-18-39-17-7-8-19-44(39)50)43-32-27-38(28-33-43)41-29-34-45(49(35-41)40-15-5-2-6-16-40)47-21-12-22-48-46-20-9-10-24-51(46)54-52(47)48/h1-35H. The summed E-state index contributed by atoms with van der Waals surface area (Å²) in [5.74, 6) is 0. The monoisotopic (exact) mass is 689 g/mol. The van der Waals surface area contributed by atoms with Gasteiger partial charge in [-0.25, -0.2) is 0 Å². The van der Waals surface area contributed by atoms with Crippen LogP contribution in [0.2, 0.25) is 0 Å². The summed E-state index contributed by atoms with van der Waals surface area (Å²) < 4.78 is 6.50. The summed E-state index contributed by atoms with van der Waals surface area (Å²) in [5.41, 5.74) is 14.5. The number of hydrogen-bond acceptors (Lipinski definition) is 2. The molecule has 54 heavy (non-hydrogen) atoms. The average molecular weight is 690 g/mol. The predicted octanol–water partition coefficient (Wildman–Crippen LogP) is 14.9. The second-order valence-electron chi connectivity index (χ2n) is 13.7. The number of rotatable bonds is 7. The summed E-state index contributed by atoms with van der Waals surface area (Å²) in [6, 6.07) is 75.8. The topological polar surface area (TPSA) is 16.4 Å². The van der Waals surface area contributed by atoms with Crippen LogP contribution in [0.1, 0.15) is 0 Å². The minimum absolute atomic E-state index is 0.905. The van der Waals surface area contributed by atoms with Gasteiger partial charge in [0.1, 0.15) is 11.2 Å². The van der Waals surface area contributed by atoms with E-state index < -0.39 is 0 Å². The Labute approximate surface area is 314 Å². The highest BCUT2D eigenvalue weighted by Crippen LogP contribution is 2.43. The molecule has 0 saturated carbocycles. The molecule has 0 amide bonds. The molecular formula is C52H35NO. The van der Waals surface area contributed by atoms with E-state index in [4.69, 9.17) is 4.42 Å². The third-order valence-electron chi connectivity index (χ3n) is 10.5. The Balaban J connectivity index is 1.07. The van der Waals surface area contributed by atoms with Crippen LogP contribution in [0.5, 0.6) is 0 Å². The third kappa shape index (κ3) is 5.62. The van der Waals surface area contributed by atoms with Crippen molar-refractivity contribution in [1.82, 2.24) is 0 Å². The highest BCUT2D eigenvalue weighted by Gasteiger charge is 2.18. The van der Waals surface area contributed by atoms with E-state index in [1.807, 2.05) is 12.1 Å². The van der Waals surface area contributed by atoms with Crippen LogP contribution in [0.25, 0.3) is 77.2 Å². The molecule has 0 spiro atoms. The first kappa shape index (κ1) is 31.6. The Kier molecular flexibility index (Phi) is 7.85. The van der Waals surface area contributed by atoms with Gasteiger partial charge in [0.05, 0.1) is 5.69 Å². The SMILES string of the molecule is c1ccc(-c2ccc(N(c3ccc(-c4ccc(-c5cccc6c5oc5ccccc56)c(-c5ccccc5)c4)cc3)c3cccc4ccccc34)cc2)cc1. The van der Waals surface area contributed by atoms with Crippen molar-refractivity contribution >= 4 is 49.8 Å². The van der Waals surface area contributed by atoms with Crippen molar-refractivity contribution in [3.8, 4) is 44.5 Å². The van der Waals surface area contributed by atoms with Crippen LogP contribution >= 0.6 is 0 Å². The average Bonchev–Trinajstić information content (AvgIpc) is 3.64. The van der Waals surface area contributed by atoms with Gasteiger partial charge in [-0.05, 0) is 86.8 Å².